The van der Waals surface area contributed by atoms with E-state index < -0.39 is 11.6 Å². The van der Waals surface area contributed by atoms with Crippen molar-refractivity contribution in [2.45, 2.75) is 39.3 Å². The number of urea groups is 1. The molecule has 0 saturated heterocycles. The predicted molar refractivity (Wildman–Crippen MR) is 108 cm³/mol. The molecule has 2 aromatic rings. The number of benzene rings is 2. The number of anilines is 1. The zero-order chi connectivity index (χ0) is 20.0. The predicted octanol–water partition coefficient (Wildman–Crippen LogP) is 5.62. The highest BCUT2D eigenvalue weighted by atomic mass is 35.5. The minimum Gasteiger partial charge on any atom is -0.492 e. The van der Waals surface area contributed by atoms with Crippen molar-refractivity contribution in [1.82, 2.24) is 5.32 Å². The summed E-state index contributed by atoms with van der Waals surface area (Å²) < 4.78 is 5.44. The topological polar surface area (TPSA) is 79.8 Å². The van der Waals surface area contributed by atoms with Crippen molar-refractivity contribution in [3.05, 3.63) is 63.5 Å². The fraction of sp³-hybridized carbons (Fsp3) is 0.350. The molecule has 0 bridgehead atoms. The molecule has 1 unspecified atom stereocenters. The second kappa shape index (κ2) is 8.86. The van der Waals surface area contributed by atoms with Crippen LogP contribution in [0.15, 0.2) is 47.6 Å². The van der Waals surface area contributed by atoms with Crippen LogP contribution in [-0.4, -0.2) is 12.6 Å². The van der Waals surface area contributed by atoms with Crippen molar-refractivity contribution in [3.8, 4) is 5.75 Å². The highest BCUT2D eigenvalue weighted by Gasteiger charge is 2.24. The molecule has 0 aliphatic rings. The molecule has 0 saturated carbocycles. The first-order valence-corrected chi connectivity index (χ1v) is 9.09. The maximum Gasteiger partial charge on any atom is 0.319 e. The highest BCUT2D eigenvalue weighted by Crippen LogP contribution is 2.28. The molecule has 0 heterocycles. The molecule has 2 amide bonds. The van der Waals surface area contributed by atoms with Gasteiger partial charge < -0.3 is 15.4 Å². The number of carbonyl (C=O) groups is 1. The van der Waals surface area contributed by atoms with Gasteiger partial charge in [-0.15, -0.1) is 0 Å². The Balaban J connectivity index is 2.12. The summed E-state index contributed by atoms with van der Waals surface area (Å²) in [5.74, 6) is 0.513. The summed E-state index contributed by atoms with van der Waals surface area (Å²) in [4.78, 5) is 23.3. The van der Waals surface area contributed by atoms with Crippen LogP contribution in [-0.2, 0) is 5.54 Å². The Kier molecular flexibility index (Phi) is 6.80. The Morgan fingerprint density at radius 3 is 2.67 bits per heavy atom. The molecule has 0 aromatic heterocycles. The van der Waals surface area contributed by atoms with Crippen molar-refractivity contribution in [2.75, 3.05) is 11.9 Å². The quantitative estimate of drug-likeness (QED) is 0.603. The lowest BCUT2D eigenvalue weighted by atomic mass is 9.92. The average molecular weight is 390 g/mol. The summed E-state index contributed by atoms with van der Waals surface area (Å²) in [6.45, 7) is 7.85. The average Bonchev–Trinajstić information content (AvgIpc) is 2.63. The standard InChI is InChI=1S/C20H24ClN3O3/c1-5-27-18-12-16(9-10-17(18)21)22-19(25)23-20(3,4)15-8-6-7-14(11-15)13(2)24-26/h6-13H,5H2,1-4H3,(H2,22,23,25). The molecule has 6 nitrogen and oxygen atoms in total. The van der Waals surface area contributed by atoms with E-state index in [1.165, 1.54) is 0 Å². The van der Waals surface area contributed by atoms with Gasteiger partial charge in [-0.1, -0.05) is 41.0 Å². The van der Waals surface area contributed by atoms with E-state index in [1.54, 1.807) is 25.1 Å². The van der Waals surface area contributed by atoms with Crippen LogP contribution in [0, 0.1) is 4.91 Å². The summed E-state index contributed by atoms with van der Waals surface area (Å²) in [6, 6.07) is 11.7. The largest absolute Gasteiger partial charge is 0.492 e. The molecular weight excluding hydrogens is 366 g/mol. The number of hydrogen-bond donors (Lipinski definition) is 2. The molecule has 2 aromatic carbocycles. The second-order valence-electron chi connectivity index (χ2n) is 6.69. The Bertz CT molecular complexity index is 824. The summed E-state index contributed by atoms with van der Waals surface area (Å²) in [5, 5.41) is 9.26. The van der Waals surface area contributed by atoms with Gasteiger partial charge in [0.1, 0.15) is 11.8 Å². The minimum atomic E-state index is -0.655. The third-order valence-electron chi connectivity index (χ3n) is 4.16. The van der Waals surface area contributed by atoms with Crippen molar-refractivity contribution in [2.24, 2.45) is 5.18 Å². The zero-order valence-corrected chi connectivity index (χ0v) is 16.6. The number of amides is 2. The minimum absolute atomic E-state index is 0.364. The van der Waals surface area contributed by atoms with E-state index in [1.807, 2.05) is 45.0 Å². The van der Waals surface area contributed by atoms with Gasteiger partial charge >= 0.3 is 6.03 Å². The summed E-state index contributed by atoms with van der Waals surface area (Å²) >= 11 is 6.07. The zero-order valence-electron chi connectivity index (χ0n) is 15.9. The van der Waals surface area contributed by atoms with Gasteiger partial charge in [-0.25, -0.2) is 4.79 Å². The highest BCUT2D eigenvalue weighted by molar-refractivity contribution is 6.32. The number of nitroso groups, excluding NO2 is 1. The molecule has 0 radical (unpaired) electrons. The van der Waals surface area contributed by atoms with Gasteiger partial charge in [0.05, 0.1) is 17.2 Å². The number of halogens is 1. The molecule has 0 spiro atoms. The lowest BCUT2D eigenvalue weighted by Gasteiger charge is -2.27. The second-order valence-corrected chi connectivity index (χ2v) is 7.10. The van der Waals surface area contributed by atoms with E-state index in [0.29, 0.717) is 23.1 Å². The van der Waals surface area contributed by atoms with Crippen molar-refractivity contribution >= 4 is 23.3 Å². The van der Waals surface area contributed by atoms with Crippen LogP contribution in [0.4, 0.5) is 10.5 Å². The summed E-state index contributed by atoms with van der Waals surface area (Å²) in [5.41, 5.74) is 1.59. The Morgan fingerprint density at radius 1 is 1.26 bits per heavy atom. The van der Waals surface area contributed by atoms with Gasteiger partial charge in [0.2, 0.25) is 0 Å². The van der Waals surface area contributed by atoms with Crippen molar-refractivity contribution < 1.29 is 9.53 Å². The molecule has 0 aliphatic heterocycles. The number of nitrogens with one attached hydrogen (secondary N) is 2. The van der Waals surface area contributed by atoms with Crippen LogP contribution >= 0.6 is 11.6 Å². The van der Waals surface area contributed by atoms with E-state index in [2.05, 4.69) is 15.8 Å². The first-order valence-electron chi connectivity index (χ1n) is 8.71. The fourth-order valence-corrected chi connectivity index (χ4v) is 2.79. The van der Waals surface area contributed by atoms with Crippen molar-refractivity contribution in [1.29, 1.82) is 0 Å². The van der Waals surface area contributed by atoms with Gasteiger partial charge in [-0.05, 0) is 51.0 Å². The molecular formula is C20H24ClN3O3. The first kappa shape index (κ1) is 20.7. The smallest absolute Gasteiger partial charge is 0.319 e. The Morgan fingerprint density at radius 2 is 2.00 bits per heavy atom. The van der Waals surface area contributed by atoms with E-state index in [0.717, 1.165) is 11.1 Å². The van der Waals surface area contributed by atoms with Crippen LogP contribution in [0.3, 0.4) is 0 Å². The Hall–Kier alpha value is -2.60. The lowest BCUT2D eigenvalue weighted by molar-refractivity contribution is 0.242. The normalized spacial score (nSPS) is 12.2. The number of ether oxygens (including phenoxy) is 1. The number of rotatable bonds is 7. The van der Waals surface area contributed by atoms with Gasteiger partial charge in [0.15, 0.2) is 0 Å². The van der Waals surface area contributed by atoms with Crippen LogP contribution in [0.2, 0.25) is 5.02 Å². The number of carbonyl (C=O) groups excluding carboxylic acids is 1. The molecule has 7 heteroatoms. The van der Waals surface area contributed by atoms with E-state index in [-0.39, 0.29) is 6.03 Å². The summed E-state index contributed by atoms with van der Waals surface area (Å²) in [6.07, 6.45) is 0. The molecule has 144 valence electrons. The maximum absolute atomic E-state index is 12.5. The van der Waals surface area contributed by atoms with Crippen LogP contribution in [0.5, 0.6) is 5.75 Å². The lowest BCUT2D eigenvalue weighted by Crippen LogP contribution is -2.43. The van der Waals surface area contributed by atoms with Gasteiger partial charge in [-0.2, -0.15) is 4.91 Å². The molecule has 2 rings (SSSR count). The van der Waals surface area contributed by atoms with Gasteiger partial charge in [0.25, 0.3) is 0 Å². The molecule has 0 aliphatic carbocycles. The summed E-state index contributed by atoms with van der Waals surface area (Å²) in [7, 11) is 0. The molecule has 27 heavy (non-hydrogen) atoms. The van der Waals surface area contributed by atoms with E-state index >= 15 is 0 Å². The van der Waals surface area contributed by atoms with Crippen LogP contribution in [0.1, 0.15) is 44.9 Å². The van der Waals surface area contributed by atoms with Crippen molar-refractivity contribution in [3.63, 3.8) is 0 Å². The fourth-order valence-electron chi connectivity index (χ4n) is 2.61. The SMILES string of the molecule is CCOc1cc(NC(=O)NC(C)(C)c2cccc(C(C)N=O)c2)ccc1Cl. The molecule has 1 atom stereocenters. The van der Waals surface area contributed by atoms with Gasteiger partial charge in [-0.3, -0.25) is 0 Å². The molecule has 2 N–H and O–H groups in total. The molecule has 0 fully saturated rings. The third kappa shape index (κ3) is 5.44. The monoisotopic (exact) mass is 389 g/mol. The van der Waals surface area contributed by atoms with Gasteiger partial charge in [0, 0.05) is 11.8 Å². The Labute approximate surface area is 164 Å². The number of hydrogen-bond acceptors (Lipinski definition) is 4. The van der Waals surface area contributed by atoms with Crippen LogP contribution in [0.25, 0.3) is 0 Å². The van der Waals surface area contributed by atoms with E-state index in [9.17, 15) is 9.70 Å². The van der Waals surface area contributed by atoms with E-state index in [4.69, 9.17) is 16.3 Å². The number of nitrogens with zero attached hydrogens (tertiary/aromatic N) is 1. The third-order valence-corrected chi connectivity index (χ3v) is 4.48. The van der Waals surface area contributed by atoms with Crippen LogP contribution < -0.4 is 15.4 Å². The first-order chi connectivity index (χ1) is 12.8. The maximum atomic E-state index is 12.5.